The molecule has 0 amide bonds. The Bertz CT molecular complexity index is 200. The summed E-state index contributed by atoms with van der Waals surface area (Å²) >= 11 is 0. The van der Waals surface area contributed by atoms with Gasteiger partial charge in [0.15, 0.2) is 0 Å². The molecule has 5 heteroatoms. The number of hydrogen-bond donors (Lipinski definition) is 2. The standard InChI is InChI=1S/C11H25NO3S/c1-9(2)15-8-11(13)7-12-10(3)5-6-16(4)14/h9-13H,5-8H2,1-4H3. The van der Waals surface area contributed by atoms with E-state index in [1.165, 1.54) is 0 Å². The molecule has 3 atom stereocenters. The van der Waals surface area contributed by atoms with Crippen molar-refractivity contribution in [1.82, 2.24) is 5.32 Å². The number of aliphatic hydroxyl groups excluding tert-OH is 1. The zero-order valence-corrected chi connectivity index (χ0v) is 11.5. The van der Waals surface area contributed by atoms with E-state index >= 15 is 0 Å². The van der Waals surface area contributed by atoms with E-state index in [-0.39, 0.29) is 12.1 Å². The van der Waals surface area contributed by atoms with E-state index in [0.717, 1.165) is 6.42 Å². The first kappa shape index (κ1) is 16.0. The summed E-state index contributed by atoms with van der Waals surface area (Å²) in [7, 11) is -0.737. The van der Waals surface area contributed by atoms with E-state index in [4.69, 9.17) is 4.74 Å². The lowest BCUT2D eigenvalue weighted by Crippen LogP contribution is -2.37. The van der Waals surface area contributed by atoms with E-state index in [0.29, 0.717) is 18.9 Å². The lowest BCUT2D eigenvalue weighted by molar-refractivity contribution is 0.00561. The highest BCUT2D eigenvalue weighted by Gasteiger charge is 2.08. The molecule has 0 aromatic heterocycles. The molecule has 0 radical (unpaired) electrons. The minimum atomic E-state index is -0.737. The molecular formula is C11H25NO3S. The fraction of sp³-hybridized carbons (Fsp3) is 1.00. The molecule has 0 saturated heterocycles. The Morgan fingerprint density at radius 1 is 1.38 bits per heavy atom. The highest BCUT2D eigenvalue weighted by atomic mass is 32.2. The van der Waals surface area contributed by atoms with E-state index in [9.17, 15) is 9.32 Å². The van der Waals surface area contributed by atoms with Crippen molar-refractivity contribution >= 4 is 10.8 Å². The first-order valence-electron chi connectivity index (χ1n) is 5.75. The maximum absolute atomic E-state index is 10.9. The predicted octanol–water partition coefficient (Wildman–Crippen LogP) is 0.519. The zero-order chi connectivity index (χ0) is 12.6. The maximum Gasteiger partial charge on any atom is 0.0897 e. The maximum atomic E-state index is 10.9. The number of hydrogen-bond acceptors (Lipinski definition) is 4. The third kappa shape index (κ3) is 10.5. The summed E-state index contributed by atoms with van der Waals surface area (Å²) < 4.78 is 16.2. The Morgan fingerprint density at radius 2 is 2.00 bits per heavy atom. The van der Waals surface area contributed by atoms with Gasteiger partial charge in [0.25, 0.3) is 0 Å². The summed E-state index contributed by atoms with van der Waals surface area (Å²) in [6, 6.07) is 0.276. The highest BCUT2D eigenvalue weighted by molar-refractivity contribution is 7.84. The van der Waals surface area contributed by atoms with Gasteiger partial charge in [-0.2, -0.15) is 0 Å². The second kappa shape index (κ2) is 9.10. The van der Waals surface area contributed by atoms with Crippen molar-refractivity contribution in [1.29, 1.82) is 0 Å². The van der Waals surface area contributed by atoms with Gasteiger partial charge >= 0.3 is 0 Å². The second-order valence-corrected chi connectivity index (χ2v) is 5.97. The molecule has 16 heavy (non-hydrogen) atoms. The Kier molecular flexibility index (Phi) is 9.12. The van der Waals surface area contributed by atoms with Crippen molar-refractivity contribution in [3.05, 3.63) is 0 Å². The van der Waals surface area contributed by atoms with Gasteiger partial charge in [0.05, 0.1) is 18.8 Å². The van der Waals surface area contributed by atoms with Crippen LogP contribution in [0.4, 0.5) is 0 Å². The molecule has 0 rings (SSSR count). The molecular weight excluding hydrogens is 226 g/mol. The second-order valence-electron chi connectivity index (χ2n) is 4.41. The minimum Gasteiger partial charge on any atom is -0.389 e. The molecule has 0 bridgehead atoms. The van der Waals surface area contributed by atoms with Gasteiger partial charge in [0, 0.05) is 35.4 Å². The molecule has 0 spiro atoms. The molecule has 0 heterocycles. The van der Waals surface area contributed by atoms with Gasteiger partial charge in [-0.05, 0) is 27.2 Å². The van der Waals surface area contributed by atoms with Crippen LogP contribution in [-0.4, -0.2) is 52.7 Å². The van der Waals surface area contributed by atoms with E-state index in [1.54, 1.807) is 6.26 Å². The SMILES string of the molecule is CC(CCS(C)=O)NCC(O)COC(C)C. The predicted molar refractivity (Wildman–Crippen MR) is 68.1 cm³/mol. The van der Waals surface area contributed by atoms with Crippen LogP contribution < -0.4 is 5.32 Å². The van der Waals surface area contributed by atoms with Gasteiger partial charge in [-0.15, -0.1) is 0 Å². The van der Waals surface area contributed by atoms with Crippen molar-refractivity contribution in [2.75, 3.05) is 25.2 Å². The van der Waals surface area contributed by atoms with Crippen LogP contribution in [0.3, 0.4) is 0 Å². The fourth-order valence-corrected chi connectivity index (χ4v) is 1.83. The Morgan fingerprint density at radius 3 is 2.50 bits per heavy atom. The molecule has 98 valence electrons. The highest BCUT2D eigenvalue weighted by Crippen LogP contribution is 1.95. The minimum absolute atomic E-state index is 0.148. The summed E-state index contributed by atoms with van der Waals surface area (Å²) in [6.07, 6.45) is 2.24. The summed E-state index contributed by atoms with van der Waals surface area (Å²) in [6.45, 7) is 6.79. The molecule has 0 aromatic carbocycles. The van der Waals surface area contributed by atoms with Crippen molar-refractivity contribution in [2.45, 2.75) is 45.4 Å². The third-order valence-electron chi connectivity index (χ3n) is 2.16. The number of rotatable bonds is 9. The van der Waals surface area contributed by atoms with Gasteiger partial charge in [0.1, 0.15) is 0 Å². The van der Waals surface area contributed by atoms with Gasteiger partial charge in [-0.25, -0.2) is 0 Å². The van der Waals surface area contributed by atoms with Crippen LogP contribution in [0, 0.1) is 0 Å². The third-order valence-corrected chi connectivity index (χ3v) is 2.97. The molecule has 0 aliphatic heterocycles. The van der Waals surface area contributed by atoms with Gasteiger partial charge in [-0.1, -0.05) is 0 Å². The summed E-state index contributed by atoms with van der Waals surface area (Å²) in [5, 5.41) is 12.8. The molecule has 3 unspecified atom stereocenters. The largest absolute Gasteiger partial charge is 0.389 e. The smallest absolute Gasteiger partial charge is 0.0897 e. The van der Waals surface area contributed by atoms with Crippen LogP contribution in [0.2, 0.25) is 0 Å². The monoisotopic (exact) mass is 251 g/mol. The summed E-state index contributed by atoms with van der Waals surface area (Å²) in [5.41, 5.74) is 0. The first-order chi connectivity index (χ1) is 7.41. The molecule has 0 aromatic rings. The summed E-state index contributed by atoms with van der Waals surface area (Å²) in [5.74, 6) is 0.701. The van der Waals surface area contributed by atoms with E-state index in [2.05, 4.69) is 5.32 Å². The van der Waals surface area contributed by atoms with Gasteiger partial charge in [-0.3, -0.25) is 4.21 Å². The van der Waals surface area contributed by atoms with Crippen LogP contribution in [0.25, 0.3) is 0 Å². The van der Waals surface area contributed by atoms with Crippen LogP contribution in [0.1, 0.15) is 27.2 Å². The molecule has 4 nitrogen and oxygen atoms in total. The molecule has 0 aliphatic carbocycles. The van der Waals surface area contributed by atoms with Crippen LogP contribution in [0.5, 0.6) is 0 Å². The van der Waals surface area contributed by atoms with Crippen molar-refractivity contribution in [2.24, 2.45) is 0 Å². The van der Waals surface area contributed by atoms with Crippen molar-refractivity contribution in [3.8, 4) is 0 Å². The zero-order valence-electron chi connectivity index (χ0n) is 10.7. The lowest BCUT2D eigenvalue weighted by Gasteiger charge is -2.17. The number of nitrogens with one attached hydrogen (secondary N) is 1. The molecule has 0 aliphatic rings. The van der Waals surface area contributed by atoms with E-state index < -0.39 is 16.9 Å². The number of ether oxygens (including phenoxy) is 1. The Balaban J connectivity index is 3.50. The van der Waals surface area contributed by atoms with E-state index in [1.807, 2.05) is 20.8 Å². The molecule has 0 fully saturated rings. The van der Waals surface area contributed by atoms with Crippen LogP contribution in [-0.2, 0) is 15.5 Å². The van der Waals surface area contributed by atoms with Crippen LogP contribution >= 0.6 is 0 Å². The first-order valence-corrected chi connectivity index (χ1v) is 7.47. The quantitative estimate of drug-likeness (QED) is 0.627. The van der Waals surface area contributed by atoms with Crippen LogP contribution in [0.15, 0.2) is 0 Å². The normalized spacial score (nSPS) is 17.4. The van der Waals surface area contributed by atoms with Gasteiger partial charge in [0.2, 0.25) is 0 Å². The average molecular weight is 251 g/mol. The topological polar surface area (TPSA) is 58.6 Å². The Labute approximate surface area is 101 Å². The number of aliphatic hydroxyl groups is 1. The fourth-order valence-electron chi connectivity index (χ4n) is 1.14. The van der Waals surface area contributed by atoms with Crippen molar-refractivity contribution < 1.29 is 14.1 Å². The summed E-state index contributed by atoms with van der Waals surface area (Å²) in [4.78, 5) is 0. The van der Waals surface area contributed by atoms with Gasteiger partial charge < -0.3 is 15.2 Å². The Hall–Kier alpha value is 0.0300. The average Bonchev–Trinajstić information content (AvgIpc) is 2.20. The molecule has 2 N–H and O–H groups in total. The molecule has 0 saturated carbocycles. The lowest BCUT2D eigenvalue weighted by atomic mass is 10.2. The van der Waals surface area contributed by atoms with Crippen molar-refractivity contribution in [3.63, 3.8) is 0 Å².